The number of aromatic nitrogens is 2. The molecule has 0 aliphatic heterocycles. The van der Waals surface area contributed by atoms with Crippen LogP contribution in [0.1, 0.15) is 16.2 Å². The highest BCUT2D eigenvalue weighted by atomic mass is 35.5. The maximum Gasteiger partial charge on any atom is 0.272 e. The third-order valence-corrected chi connectivity index (χ3v) is 1.39. The molecule has 0 aliphatic rings. The first-order chi connectivity index (χ1) is 5.24. The summed E-state index contributed by atoms with van der Waals surface area (Å²) in [5, 5.41) is 5.80. The van der Waals surface area contributed by atoms with Crippen molar-refractivity contribution < 1.29 is 4.79 Å². The molecule has 1 rings (SSSR count). The van der Waals surface area contributed by atoms with Gasteiger partial charge < -0.3 is 0 Å². The molecule has 1 heterocycles. The number of carbonyl (C=O) groups is 1. The summed E-state index contributed by atoms with van der Waals surface area (Å²) in [5.41, 5.74) is 1.09. The Morgan fingerprint density at radius 2 is 2.64 bits per heavy atom. The Morgan fingerprint density at radius 1 is 1.91 bits per heavy atom. The number of H-pyrrole nitrogens is 1. The van der Waals surface area contributed by atoms with Gasteiger partial charge in [0.15, 0.2) is 0 Å². The molecular weight excluding hydrogens is 164 g/mol. The summed E-state index contributed by atoms with van der Waals surface area (Å²) in [6.07, 6.45) is 2.38. The fourth-order valence-electron chi connectivity index (χ4n) is 0.722. The fourth-order valence-corrected chi connectivity index (χ4v) is 0.819. The second kappa shape index (κ2) is 3.34. The van der Waals surface area contributed by atoms with Gasteiger partial charge in [-0.1, -0.05) is 6.08 Å². The Balaban J connectivity index is 2.81. The second-order valence-electron chi connectivity index (χ2n) is 2.04. The van der Waals surface area contributed by atoms with Crippen LogP contribution in [0.25, 0.3) is 0 Å². The van der Waals surface area contributed by atoms with Gasteiger partial charge >= 0.3 is 0 Å². The Hall–Kier alpha value is -1.09. The predicted octanol–water partition coefficient (Wildman–Crippen LogP) is 1.52. The fraction of sp³-hybridized carbons (Fsp3) is 0.143. The lowest BCUT2D eigenvalue weighted by Gasteiger charge is -1.82. The lowest BCUT2D eigenvalue weighted by molar-refractivity contribution is 0.107. The minimum Gasteiger partial charge on any atom is -0.281 e. The maximum atomic E-state index is 10.5. The molecule has 0 aliphatic carbocycles. The first kappa shape index (κ1) is 8.01. The van der Waals surface area contributed by atoms with Crippen LogP contribution in [0, 0.1) is 0 Å². The number of nitrogens with zero attached hydrogens (tertiary/aromatic N) is 1. The van der Waals surface area contributed by atoms with Crippen LogP contribution in [-0.4, -0.2) is 15.4 Å². The molecule has 0 unspecified atom stereocenters. The van der Waals surface area contributed by atoms with E-state index in [1.54, 1.807) is 12.1 Å². The van der Waals surface area contributed by atoms with Crippen molar-refractivity contribution in [3.05, 3.63) is 30.1 Å². The van der Waals surface area contributed by atoms with Crippen LogP contribution in [0.2, 0.25) is 0 Å². The van der Waals surface area contributed by atoms with Gasteiger partial charge in [0.1, 0.15) is 5.69 Å². The van der Waals surface area contributed by atoms with E-state index in [9.17, 15) is 4.79 Å². The third kappa shape index (κ3) is 1.91. The topological polar surface area (TPSA) is 45.8 Å². The number of allylic oxidation sites excluding steroid dienone is 1. The molecule has 0 bridgehead atoms. The Labute approximate surface area is 69.1 Å². The van der Waals surface area contributed by atoms with Crippen molar-refractivity contribution in [2.45, 2.75) is 6.42 Å². The van der Waals surface area contributed by atoms with Crippen molar-refractivity contribution >= 4 is 16.8 Å². The molecule has 1 N–H and O–H groups in total. The zero-order valence-corrected chi connectivity index (χ0v) is 6.56. The zero-order valence-electron chi connectivity index (χ0n) is 5.80. The van der Waals surface area contributed by atoms with E-state index >= 15 is 0 Å². The van der Waals surface area contributed by atoms with E-state index in [-0.39, 0.29) is 5.69 Å². The molecule has 0 aromatic carbocycles. The highest BCUT2D eigenvalue weighted by Gasteiger charge is 2.05. The van der Waals surface area contributed by atoms with Gasteiger partial charge in [-0.15, -0.1) is 6.58 Å². The van der Waals surface area contributed by atoms with Crippen molar-refractivity contribution in [2.24, 2.45) is 0 Å². The molecule has 3 nitrogen and oxygen atoms in total. The van der Waals surface area contributed by atoms with Gasteiger partial charge in [-0.3, -0.25) is 9.89 Å². The molecule has 0 spiro atoms. The van der Waals surface area contributed by atoms with E-state index in [1.165, 1.54) is 0 Å². The normalized spacial score (nSPS) is 9.55. The van der Waals surface area contributed by atoms with Gasteiger partial charge in [-0.2, -0.15) is 5.10 Å². The third-order valence-electron chi connectivity index (χ3n) is 1.20. The van der Waals surface area contributed by atoms with Crippen molar-refractivity contribution in [2.75, 3.05) is 0 Å². The second-order valence-corrected chi connectivity index (χ2v) is 2.39. The average molecular weight is 171 g/mol. The zero-order chi connectivity index (χ0) is 8.27. The van der Waals surface area contributed by atoms with E-state index in [0.29, 0.717) is 6.42 Å². The summed E-state index contributed by atoms with van der Waals surface area (Å²) >= 11 is 5.17. The number of hydrogen-bond acceptors (Lipinski definition) is 2. The number of rotatable bonds is 3. The van der Waals surface area contributed by atoms with Crippen molar-refractivity contribution in [1.82, 2.24) is 10.2 Å². The van der Waals surface area contributed by atoms with E-state index in [0.717, 1.165) is 5.69 Å². The van der Waals surface area contributed by atoms with Crippen LogP contribution in [0.5, 0.6) is 0 Å². The molecule has 58 valence electrons. The molecule has 4 heteroatoms. The van der Waals surface area contributed by atoms with Crippen molar-refractivity contribution in [3.63, 3.8) is 0 Å². The molecule has 0 atom stereocenters. The summed E-state index contributed by atoms with van der Waals surface area (Å²) in [5.74, 6) is 0. The van der Waals surface area contributed by atoms with Gasteiger partial charge in [0.05, 0.1) is 0 Å². The number of halogens is 1. The molecule has 0 amide bonds. The average Bonchev–Trinajstić information content (AvgIpc) is 2.37. The largest absolute Gasteiger partial charge is 0.281 e. The standard InChI is InChI=1S/C7H7ClN2O/c1-2-3-5-4-6(7(8)11)10-9-5/h2,4H,1,3H2,(H,9,10). The number of aromatic amines is 1. The van der Waals surface area contributed by atoms with Crippen LogP contribution in [0.3, 0.4) is 0 Å². The molecular formula is C7H7ClN2O. The molecule has 0 radical (unpaired) electrons. The van der Waals surface area contributed by atoms with Gasteiger partial charge in [0.25, 0.3) is 5.24 Å². The van der Waals surface area contributed by atoms with Crippen LogP contribution < -0.4 is 0 Å². The van der Waals surface area contributed by atoms with E-state index < -0.39 is 5.24 Å². The lowest BCUT2D eigenvalue weighted by Crippen LogP contribution is -1.86. The Morgan fingerprint density at radius 3 is 3.09 bits per heavy atom. The van der Waals surface area contributed by atoms with Crippen molar-refractivity contribution in [3.8, 4) is 0 Å². The number of carbonyl (C=O) groups excluding carboxylic acids is 1. The molecule has 11 heavy (non-hydrogen) atoms. The van der Waals surface area contributed by atoms with Crippen LogP contribution in [0.15, 0.2) is 18.7 Å². The summed E-state index contributed by atoms with van der Waals surface area (Å²) in [6.45, 7) is 3.54. The number of nitrogens with one attached hydrogen (secondary N) is 1. The van der Waals surface area contributed by atoms with Gasteiger partial charge in [0, 0.05) is 12.1 Å². The molecule has 0 fully saturated rings. The summed E-state index contributed by atoms with van der Waals surface area (Å²) in [4.78, 5) is 10.5. The van der Waals surface area contributed by atoms with Gasteiger partial charge in [0.2, 0.25) is 0 Å². The van der Waals surface area contributed by atoms with Crippen LogP contribution >= 0.6 is 11.6 Å². The minimum absolute atomic E-state index is 0.253. The molecule has 0 saturated heterocycles. The van der Waals surface area contributed by atoms with Gasteiger partial charge in [-0.25, -0.2) is 0 Å². The highest BCUT2D eigenvalue weighted by Crippen LogP contribution is 2.03. The van der Waals surface area contributed by atoms with E-state index in [1.807, 2.05) is 0 Å². The summed E-state index contributed by atoms with van der Waals surface area (Å²) in [7, 11) is 0. The first-order valence-corrected chi connectivity index (χ1v) is 3.47. The van der Waals surface area contributed by atoms with Crippen molar-refractivity contribution in [1.29, 1.82) is 0 Å². The maximum absolute atomic E-state index is 10.5. The smallest absolute Gasteiger partial charge is 0.272 e. The molecule has 1 aromatic heterocycles. The summed E-state index contributed by atoms with van der Waals surface area (Å²) < 4.78 is 0. The Bertz CT molecular complexity index is 280. The highest BCUT2D eigenvalue weighted by molar-refractivity contribution is 6.67. The lowest BCUT2D eigenvalue weighted by atomic mass is 10.3. The first-order valence-electron chi connectivity index (χ1n) is 3.09. The van der Waals surface area contributed by atoms with Crippen LogP contribution in [0.4, 0.5) is 0 Å². The molecule has 1 aromatic rings. The molecule has 0 saturated carbocycles. The SMILES string of the molecule is C=CCc1cc(C(=O)Cl)n[nH]1. The predicted molar refractivity (Wildman–Crippen MR) is 42.7 cm³/mol. The van der Waals surface area contributed by atoms with E-state index in [4.69, 9.17) is 11.6 Å². The summed E-state index contributed by atoms with van der Waals surface area (Å²) in [6, 6.07) is 1.61. The number of hydrogen-bond donors (Lipinski definition) is 1. The quantitative estimate of drug-likeness (QED) is 0.552. The minimum atomic E-state index is -0.545. The van der Waals surface area contributed by atoms with Gasteiger partial charge in [-0.05, 0) is 17.7 Å². The van der Waals surface area contributed by atoms with E-state index in [2.05, 4.69) is 16.8 Å². The Kier molecular flexibility index (Phi) is 2.44. The monoisotopic (exact) mass is 170 g/mol. The van der Waals surface area contributed by atoms with Crippen LogP contribution in [-0.2, 0) is 6.42 Å².